The van der Waals surface area contributed by atoms with Crippen LogP contribution in [0.4, 0.5) is 15.3 Å². The van der Waals surface area contributed by atoms with Gasteiger partial charge in [-0.3, -0.25) is 9.63 Å². The van der Waals surface area contributed by atoms with Crippen LogP contribution in [0.3, 0.4) is 0 Å². The van der Waals surface area contributed by atoms with Crippen molar-refractivity contribution in [3.05, 3.63) is 30.3 Å². The molecule has 0 saturated carbocycles. The van der Waals surface area contributed by atoms with E-state index in [0.717, 1.165) is 5.01 Å². The number of anilines is 1. The molecule has 0 aliphatic carbocycles. The average Bonchev–Trinajstić information content (AvgIpc) is 2.95. The Morgan fingerprint density at radius 2 is 1.59 bits per heavy atom. The van der Waals surface area contributed by atoms with Crippen molar-refractivity contribution in [3.63, 3.8) is 0 Å². The summed E-state index contributed by atoms with van der Waals surface area (Å²) >= 11 is 0. The summed E-state index contributed by atoms with van der Waals surface area (Å²) in [4.78, 5) is 50.2. The lowest BCUT2D eigenvalue weighted by molar-refractivity contribution is -0.164. The summed E-state index contributed by atoms with van der Waals surface area (Å²) in [5.74, 6) is -0.732. The molecule has 11 nitrogen and oxygen atoms in total. The van der Waals surface area contributed by atoms with E-state index in [9.17, 15) is 14.4 Å². The summed E-state index contributed by atoms with van der Waals surface area (Å²) in [6.45, 7) is 12.7. The van der Waals surface area contributed by atoms with E-state index >= 15 is 0 Å². The molecule has 1 aliphatic rings. The largest absolute Gasteiger partial charge is 0.534 e. The third-order valence-electron chi connectivity index (χ3n) is 4.45. The van der Waals surface area contributed by atoms with Crippen molar-refractivity contribution < 1.29 is 33.5 Å². The van der Waals surface area contributed by atoms with Crippen molar-refractivity contribution in [2.75, 3.05) is 12.1 Å². The molecule has 1 aromatic carbocycles. The second-order valence-corrected chi connectivity index (χ2v) is 9.54. The number of hydrogen-bond donors (Lipinski definition) is 0. The number of para-hydroxylation sites is 1. The predicted molar refractivity (Wildman–Crippen MR) is 125 cm³/mol. The van der Waals surface area contributed by atoms with Crippen LogP contribution in [-0.4, -0.2) is 58.5 Å². The molecule has 11 heteroatoms. The maximum Gasteiger partial charge on any atom is 0.534 e. The van der Waals surface area contributed by atoms with Gasteiger partial charge >= 0.3 is 12.2 Å². The Morgan fingerprint density at radius 3 is 2.09 bits per heavy atom. The van der Waals surface area contributed by atoms with E-state index in [4.69, 9.17) is 19.1 Å². The standard InChI is InChI=1S/C23H32N4O7/c1-15-23(16(2)25-31-9,18(28)26(24-15)17-13-11-10-12-14-17)27(19(29)32-21(3,4)5)34-20(30)33-22(6,7)8/h10-14H,1-9H3/b25-16+. The maximum absolute atomic E-state index is 13.9. The van der Waals surface area contributed by atoms with Crippen LogP contribution in [0.2, 0.25) is 0 Å². The Kier molecular flexibility index (Phi) is 7.59. The molecule has 186 valence electrons. The van der Waals surface area contributed by atoms with Gasteiger partial charge in [-0.2, -0.15) is 10.1 Å². The van der Waals surface area contributed by atoms with Crippen molar-refractivity contribution in [2.45, 2.75) is 72.1 Å². The Hall–Kier alpha value is -3.63. The van der Waals surface area contributed by atoms with E-state index in [0.29, 0.717) is 10.8 Å². The molecule has 0 saturated heterocycles. The number of nitrogens with zero attached hydrogens (tertiary/aromatic N) is 4. The van der Waals surface area contributed by atoms with Gasteiger partial charge in [-0.1, -0.05) is 23.4 Å². The molecule has 2 rings (SSSR count). The molecule has 2 amide bonds. The Morgan fingerprint density at radius 1 is 1.03 bits per heavy atom. The zero-order valence-electron chi connectivity index (χ0n) is 21.0. The lowest BCUT2D eigenvalue weighted by Crippen LogP contribution is -2.66. The first-order valence-corrected chi connectivity index (χ1v) is 10.6. The van der Waals surface area contributed by atoms with Gasteiger partial charge in [0.15, 0.2) is 0 Å². The fourth-order valence-electron chi connectivity index (χ4n) is 3.21. The minimum Gasteiger partial charge on any atom is -0.442 e. The minimum atomic E-state index is -2.09. The first kappa shape index (κ1) is 26.6. The van der Waals surface area contributed by atoms with E-state index in [-0.39, 0.29) is 11.4 Å². The van der Waals surface area contributed by atoms with E-state index in [1.807, 2.05) is 0 Å². The predicted octanol–water partition coefficient (Wildman–Crippen LogP) is 4.27. The van der Waals surface area contributed by atoms with Crippen molar-refractivity contribution in [1.82, 2.24) is 5.06 Å². The SMILES string of the molecule is CO/N=C(\C)C1(N(OC(=O)OC(C)(C)C)C(=O)OC(C)(C)C)C(=O)N(c2ccccc2)N=C1C. The van der Waals surface area contributed by atoms with E-state index < -0.39 is 34.9 Å². The number of hydrazone groups is 1. The lowest BCUT2D eigenvalue weighted by atomic mass is 9.88. The van der Waals surface area contributed by atoms with Crippen molar-refractivity contribution in [3.8, 4) is 0 Å². The summed E-state index contributed by atoms with van der Waals surface area (Å²) in [5.41, 5.74) is -3.50. The molecule has 1 aliphatic heterocycles. The number of carbonyl (C=O) groups excluding carboxylic acids is 3. The quantitative estimate of drug-likeness (QED) is 0.361. The van der Waals surface area contributed by atoms with Crippen LogP contribution in [-0.2, 0) is 23.9 Å². The molecule has 0 aromatic heterocycles. The van der Waals surface area contributed by atoms with Gasteiger partial charge in [-0.25, -0.2) is 9.59 Å². The van der Waals surface area contributed by atoms with Crippen LogP contribution < -0.4 is 5.01 Å². The molecular weight excluding hydrogens is 444 g/mol. The fraction of sp³-hybridized carbons (Fsp3) is 0.522. The summed E-state index contributed by atoms with van der Waals surface area (Å²) in [7, 11) is 1.28. The zero-order chi connectivity index (χ0) is 25.9. The topological polar surface area (TPSA) is 119 Å². The van der Waals surface area contributed by atoms with E-state index in [1.54, 1.807) is 71.9 Å². The molecule has 1 heterocycles. The van der Waals surface area contributed by atoms with Gasteiger partial charge in [0.25, 0.3) is 5.91 Å². The number of ether oxygens (including phenoxy) is 2. The van der Waals surface area contributed by atoms with Crippen LogP contribution >= 0.6 is 0 Å². The molecule has 0 N–H and O–H groups in total. The first-order chi connectivity index (χ1) is 15.6. The Balaban J connectivity index is 2.69. The van der Waals surface area contributed by atoms with Crippen LogP contribution in [0.1, 0.15) is 55.4 Å². The molecule has 1 atom stereocenters. The lowest BCUT2D eigenvalue weighted by Gasteiger charge is -2.37. The Labute approximate surface area is 199 Å². The molecule has 0 spiro atoms. The minimum absolute atomic E-state index is 0.0194. The molecular formula is C23H32N4O7. The monoisotopic (exact) mass is 476 g/mol. The third kappa shape index (κ3) is 5.64. The average molecular weight is 477 g/mol. The van der Waals surface area contributed by atoms with Gasteiger partial charge in [0.1, 0.15) is 18.3 Å². The normalized spacial score (nSPS) is 18.9. The summed E-state index contributed by atoms with van der Waals surface area (Å²) in [6.07, 6.45) is -2.34. The van der Waals surface area contributed by atoms with Crippen molar-refractivity contribution >= 4 is 35.3 Å². The van der Waals surface area contributed by atoms with Crippen LogP contribution in [0.5, 0.6) is 0 Å². The van der Waals surface area contributed by atoms with E-state index in [1.165, 1.54) is 21.0 Å². The van der Waals surface area contributed by atoms with Gasteiger partial charge in [0.05, 0.1) is 17.1 Å². The molecule has 0 bridgehead atoms. The van der Waals surface area contributed by atoms with Gasteiger partial charge in [0.2, 0.25) is 5.54 Å². The molecule has 1 aromatic rings. The number of amides is 2. The highest BCUT2D eigenvalue weighted by molar-refractivity contribution is 6.37. The zero-order valence-corrected chi connectivity index (χ0v) is 21.0. The third-order valence-corrected chi connectivity index (χ3v) is 4.45. The van der Waals surface area contributed by atoms with Crippen molar-refractivity contribution in [2.24, 2.45) is 10.3 Å². The van der Waals surface area contributed by atoms with Crippen molar-refractivity contribution in [1.29, 1.82) is 0 Å². The van der Waals surface area contributed by atoms with Gasteiger partial charge < -0.3 is 14.3 Å². The number of rotatable bonds is 4. The summed E-state index contributed by atoms with van der Waals surface area (Å²) in [6, 6.07) is 8.57. The number of oxime groups is 1. The molecule has 34 heavy (non-hydrogen) atoms. The fourth-order valence-corrected chi connectivity index (χ4v) is 3.21. The summed E-state index contributed by atoms with van der Waals surface area (Å²) < 4.78 is 10.7. The van der Waals surface area contributed by atoms with Gasteiger partial charge in [0, 0.05) is 0 Å². The van der Waals surface area contributed by atoms with Crippen LogP contribution in [0.25, 0.3) is 0 Å². The smallest absolute Gasteiger partial charge is 0.442 e. The second kappa shape index (κ2) is 9.70. The van der Waals surface area contributed by atoms with Crippen LogP contribution in [0, 0.1) is 0 Å². The summed E-state index contributed by atoms with van der Waals surface area (Å²) in [5, 5.41) is 9.86. The molecule has 0 fully saturated rings. The number of benzene rings is 1. The van der Waals surface area contributed by atoms with E-state index in [2.05, 4.69) is 10.3 Å². The highest BCUT2D eigenvalue weighted by Gasteiger charge is 2.62. The number of carbonyl (C=O) groups is 3. The number of hydrogen-bond acceptors (Lipinski definition) is 9. The highest BCUT2D eigenvalue weighted by Crippen LogP contribution is 2.34. The molecule has 0 radical (unpaired) electrons. The Bertz CT molecular complexity index is 993. The molecule has 1 unspecified atom stereocenters. The first-order valence-electron chi connectivity index (χ1n) is 10.6. The second-order valence-electron chi connectivity index (χ2n) is 9.54. The van der Waals surface area contributed by atoms with Gasteiger partial charge in [-0.05, 0) is 67.5 Å². The van der Waals surface area contributed by atoms with Crippen LogP contribution in [0.15, 0.2) is 40.6 Å². The number of hydroxylamine groups is 2. The van der Waals surface area contributed by atoms with Gasteiger partial charge in [-0.15, -0.1) is 5.06 Å². The maximum atomic E-state index is 13.9. The highest BCUT2D eigenvalue weighted by atomic mass is 16.8.